The van der Waals surface area contributed by atoms with E-state index in [1.165, 1.54) is 0 Å². The molecule has 0 unspecified atom stereocenters. The van der Waals surface area contributed by atoms with Crippen LogP contribution in [-0.2, 0) is 0 Å². The van der Waals surface area contributed by atoms with Gasteiger partial charge < -0.3 is 10.7 Å². The van der Waals surface area contributed by atoms with Crippen LogP contribution in [-0.4, -0.2) is 5.91 Å². The summed E-state index contributed by atoms with van der Waals surface area (Å²) >= 11 is 6.03. The van der Waals surface area contributed by atoms with Gasteiger partial charge in [0.25, 0.3) is 5.91 Å². The molecular weight excluding hydrogens is 262 g/mol. The number of halogens is 1. The number of hydrogen-bond acceptors (Lipinski definition) is 3. The zero-order chi connectivity index (χ0) is 13.8. The maximum absolute atomic E-state index is 12.1. The Balaban J connectivity index is 2.18. The van der Waals surface area contributed by atoms with Crippen molar-refractivity contribution in [2.24, 2.45) is 5.84 Å². The molecule has 0 fully saturated rings. The van der Waals surface area contributed by atoms with Gasteiger partial charge in [0.1, 0.15) is 0 Å². The van der Waals surface area contributed by atoms with Gasteiger partial charge in [-0.05, 0) is 48.9 Å². The van der Waals surface area contributed by atoms with Gasteiger partial charge in [-0.25, -0.2) is 0 Å². The summed E-state index contributed by atoms with van der Waals surface area (Å²) in [6.45, 7) is 1.94. The van der Waals surface area contributed by atoms with E-state index >= 15 is 0 Å². The van der Waals surface area contributed by atoms with Crippen molar-refractivity contribution in [1.82, 2.24) is 0 Å². The van der Waals surface area contributed by atoms with Gasteiger partial charge in [-0.2, -0.15) is 0 Å². The monoisotopic (exact) mass is 275 g/mol. The second kappa shape index (κ2) is 5.73. The SMILES string of the molecule is Cc1ccc(Cl)c(NC(=O)c2ccc(NN)cc2)c1. The molecule has 2 rings (SSSR count). The summed E-state index contributed by atoms with van der Waals surface area (Å²) in [7, 11) is 0. The Bertz CT molecular complexity index is 596. The van der Waals surface area contributed by atoms with Crippen molar-refractivity contribution in [1.29, 1.82) is 0 Å². The minimum absolute atomic E-state index is 0.212. The molecule has 2 aromatic rings. The zero-order valence-electron chi connectivity index (χ0n) is 10.4. The van der Waals surface area contributed by atoms with Gasteiger partial charge in [-0.15, -0.1) is 0 Å². The Morgan fingerprint density at radius 1 is 1.16 bits per heavy atom. The van der Waals surface area contributed by atoms with Gasteiger partial charge in [0.05, 0.1) is 10.7 Å². The van der Waals surface area contributed by atoms with Crippen LogP contribution in [0.5, 0.6) is 0 Å². The Morgan fingerprint density at radius 3 is 2.47 bits per heavy atom. The number of anilines is 2. The predicted octanol–water partition coefficient (Wildman–Crippen LogP) is 3.19. The standard InChI is InChI=1S/C14H14ClN3O/c1-9-2-7-12(15)13(8-9)17-14(19)10-3-5-11(18-16)6-4-10/h2-8,18H,16H2,1H3,(H,17,19). The molecule has 0 aliphatic heterocycles. The molecule has 1 amide bonds. The Morgan fingerprint density at radius 2 is 1.84 bits per heavy atom. The molecule has 5 heteroatoms. The lowest BCUT2D eigenvalue weighted by Gasteiger charge is -2.08. The first kappa shape index (κ1) is 13.4. The number of hydrogen-bond donors (Lipinski definition) is 3. The largest absolute Gasteiger partial charge is 0.324 e. The molecule has 2 aromatic carbocycles. The van der Waals surface area contributed by atoms with Crippen LogP contribution in [0.4, 0.5) is 11.4 Å². The number of nitrogen functional groups attached to an aromatic ring is 1. The van der Waals surface area contributed by atoms with E-state index in [4.69, 9.17) is 17.4 Å². The number of hydrazine groups is 1. The highest BCUT2D eigenvalue weighted by Crippen LogP contribution is 2.23. The van der Waals surface area contributed by atoms with Crippen LogP contribution in [0.15, 0.2) is 42.5 Å². The molecule has 0 radical (unpaired) electrons. The minimum atomic E-state index is -0.212. The number of aryl methyl sites for hydroxylation is 1. The van der Waals surface area contributed by atoms with Gasteiger partial charge in [0, 0.05) is 11.3 Å². The van der Waals surface area contributed by atoms with Gasteiger partial charge in [0.15, 0.2) is 0 Å². The summed E-state index contributed by atoms with van der Waals surface area (Å²) < 4.78 is 0. The van der Waals surface area contributed by atoms with E-state index in [1.807, 2.05) is 19.1 Å². The van der Waals surface area contributed by atoms with Crippen molar-refractivity contribution in [3.05, 3.63) is 58.6 Å². The fourth-order valence-corrected chi connectivity index (χ4v) is 1.81. The summed E-state index contributed by atoms with van der Waals surface area (Å²) in [6.07, 6.45) is 0. The number of amides is 1. The first-order valence-electron chi connectivity index (χ1n) is 5.74. The van der Waals surface area contributed by atoms with Crippen LogP contribution in [0.1, 0.15) is 15.9 Å². The Labute approximate surface area is 116 Å². The third-order valence-electron chi connectivity index (χ3n) is 2.68. The van der Waals surface area contributed by atoms with Crippen molar-refractivity contribution in [2.75, 3.05) is 10.7 Å². The molecule has 98 valence electrons. The van der Waals surface area contributed by atoms with Crippen LogP contribution in [0, 0.1) is 6.92 Å². The second-order valence-electron chi connectivity index (χ2n) is 4.16. The fourth-order valence-electron chi connectivity index (χ4n) is 1.65. The number of carbonyl (C=O) groups is 1. The highest BCUT2D eigenvalue weighted by molar-refractivity contribution is 6.33. The van der Waals surface area contributed by atoms with Crippen molar-refractivity contribution < 1.29 is 4.79 Å². The van der Waals surface area contributed by atoms with E-state index < -0.39 is 0 Å². The zero-order valence-corrected chi connectivity index (χ0v) is 11.2. The lowest BCUT2D eigenvalue weighted by Crippen LogP contribution is -2.13. The Hall–Kier alpha value is -2.04. The average molecular weight is 276 g/mol. The molecule has 0 aliphatic carbocycles. The third kappa shape index (κ3) is 3.24. The van der Waals surface area contributed by atoms with Gasteiger partial charge in [0.2, 0.25) is 0 Å². The summed E-state index contributed by atoms with van der Waals surface area (Å²) in [5.41, 5.74) is 5.42. The summed E-state index contributed by atoms with van der Waals surface area (Å²) in [4.78, 5) is 12.1. The van der Waals surface area contributed by atoms with Crippen molar-refractivity contribution >= 4 is 28.9 Å². The molecule has 0 saturated heterocycles. The molecular formula is C14H14ClN3O. The van der Waals surface area contributed by atoms with Crippen molar-refractivity contribution in [2.45, 2.75) is 6.92 Å². The molecule has 0 heterocycles. The van der Waals surface area contributed by atoms with Crippen LogP contribution in [0.25, 0.3) is 0 Å². The predicted molar refractivity (Wildman–Crippen MR) is 78.4 cm³/mol. The second-order valence-corrected chi connectivity index (χ2v) is 4.57. The van der Waals surface area contributed by atoms with Crippen LogP contribution in [0.2, 0.25) is 5.02 Å². The van der Waals surface area contributed by atoms with E-state index in [9.17, 15) is 4.79 Å². The molecule has 4 N–H and O–H groups in total. The molecule has 0 aromatic heterocycles. The average Bonchev–Trinajstić information content (AvgIpc) is 2.43. The van der Waals surface area contributed by atoms with Crippen molar-refractivity contribution in [3.63, 3.8) is 0 Å². The van der Waals surface area contributed by atoms with Gasteiger partial charge in [-0.1, -0.05) is 17.7 Å². The summed E-state index contributed by atoms with van der Waals surface area (Å²) in [6, 6.07) is 12.3. The first-order chi connectivity index (χ1) is 9.10. The highest BCUT2D eigenvalue weighted by atomic mass is 35.5. The molecule has 0 saturated carbocycles. The first-order valence-corrected chi connectivity index (χ1v) is 6.12. The minimum Gasteiger partial charge on any atom is -0.324 e. The summed E-state index contributed by atoms with van der Waals surface area (Å²) in [5.74, 6) is 5.06. The third-order valence-corrected chi connectivity index (χ3v) is 3.01. The smallest absolute Gasteiger partial charge is 0.255 e. The van der Waals surface area contributed by atoms with Crippen LogP contribution >= 0.6 is 11.6 Å². The number of carbonyl (C=O) groups excluding carboxylic acids is 1. The molecule has 0 bridgehead atoms. The summed E-state index contributed by atoms with van der Waals surface area (Å²) in [5, 5.41) is 3.30. The Kier molecular flexibility index (Phi) is 4.04. The number of nitrogens with one attached hydrogen (secondary N) is 2. The lowest BCUT2D eigenvalue weighted by molar-refractivity contribution is 0.102. The van der Waals surface area contributed by atoms with E-state index in [0.29, 0.717) is 16.3 Å². The van der Waals surface area contributed by atoms with E-state index in [-0.39, 0.29) is 5.91 Å². The van der Waals surface area contributed by atoms with Crippen LogP contribution < -0.4 is 16.6 Å². The maximum atomic E-state index is 12.1. The highest BCUT2D eigenvalue weighted by Gasteiger charge is 2.08. The normalized spacial score (nSPS) is 10.1. The molecule has 4 nitrogen and oxygen atoms in total. The number of rotatable bonds is 3. The molecule has 0 spiro atoms. The maximum Gasteiger partial charge on any atom is 0.255 e. The van der Waals surface area contributed by atoms with Gasteiger partial charge >= 0.3 is 0 Å². The molecule has 0 aliphatic rings. The molecule has 0 atom stereocenters. The quantitative estimate of drug-likeness (QED) is 0.595. The van der Waals surface area contributed by atoms with E-state index in [1.54, 1.807) is 30.3 Å². The fraction of sp³-hybridized carbons (Fsp3) is 0.0714. The molecule has 19 heavy (non-hydrogen) atoms. The van der Waals surface area contributed by atoms with E-state index in [2.05, 4.69) is 10.7 Å². The number of benzene rings is 2. The van der Waals surface area contributed by atoms with E-state index in [0.717, 1.165) is 11.3 Å². The number of nitrogens with two attached hydrogens (primary N) is 1. The van der Waals surface area contributed by atoms with Gasteiger partial charge in [-0.3, -0.25) is 10.6 Å². The van der Waals surface area contributed by atoms with Crippen molar-refractivity contribution in [3.8, 4) is 0 Å². The topological polar surface area (TPSA) is 67.2 Å². The van der Waals surface area contributed by atoms with Crippen LogP contribution in [0.3, 0.4) is 0 Å². The lowest BCUT2D eigenvalue weighted by atomic mass is 10.1.